The second-order valence-electron chi connectivity index (χ2n) is 20.8. The van der Waals surface area contributed by atoms with Gasteiger partial charge in [0.25, 0.3) is 23.6 Å². The minimum atomic E-state index is -1.01. The monoisotopic (exact) mass is 1170 g/mol. The summed E-state index contributed by atoms with van der Waals surface area (Å²) >= 11 is 5.30. The predicted molar refractivity (Wildman–Crippen MR) is 295 cm³/mol. The van der Waals surface area contributed by atoms with Crippen LogP contribution in [0.15, 0.2) is 58.4 Å². The van der Waals surface area contributed by atoms with Gasteiger partial charge in [0.15, 0.2) is 29.6 Å². The lowest BCUT2D eigenvalue weighted by Crippen LogP contribution is -2.49. The van der Waals surface area contributed by atoms with Crippen molar-refractivity contribution in [3.8, 4) is 11.5 Å². The van der Waals surface area contributed by atoms with Crippen molar-refractivity contribution in [1.82, 2.24) is 29.6 Å². The van der Waals surface area contributed by atoms with E-state index in [0.717, 1.165) is 25.0 Å². The molecule has 2 fully saturated rings. The van der Waals surface area contributed by atoms with Crippen molar-refractivity contribution in [1.29, 1.82) is 0 Å². The number of hydrogen-bond acceptors (Lipinski definition) is 12. The average Bonchev–Trinajstić information content (AvgIpc) is 4.16. The van der Waals surface area contributed by atoms with Gasteiger partial charge in [0, 0.05) is 61.6 Å². The van der Waals surface area contributed by atoms with Crippen LogP contribution in [0.3, 0.4) is 0 Å². The van der Waals surface area contributed by atoms with E-state index < -0.39 is 98.8 Å². The van der Waals surface area contributed by atoms with Crippen LogP contribution in [0.25, 0.3) is 0 Å². The smallest absolute Gasteiger partial charge is 0.311 e. The number of carbonyl (C=O) groups excluding carboxylic acids is 6. The van der Waals surface area contributed by atoms with Crippen LogP contribution in [0.2, 0.25) is 0 Å². The molecule has 3 N–H and O–H groups in total. The van der Waals surface area contributed by atoms with E-state index in [1.807, 2.05) is 0 Å². The molecule has 23 heteroatoms. The molecule has 18 nitrogen and oxygen atoms in total. The summed E-state index contributed by atoms with van der Waals surface area (Å²) in [7, 11) is 0. The van der Waals surface area contributed by atoms with E-state index in [9.17, 15) is 61.0 Å². The van der Waals surface area contributed by atoms with E-state index in [-0.39, 0.29) is 72.4 Å². The second-order valence-corrected chi connectivity index (χ2v) is 21.3. The van der Waals surface area contributed by atoms with Crippen molar-refractivity contribution in [3.05, 3.63) is 126 Å². The fraction of sp³-hybridized carbons (Fsp3) is 0.525. The number of ether oxygens (including phenoxy) is 3. The van der Waals surface area contributed by atoms with Crippen LogP contribution in [0.1, 0.15) is 190 Å². The molecule has 446 valence electrons. The van der Waals surface area contributed by atoms with Gasteiger partial charge in [-0.3, -0.25) is 38.4 Å². The Labute approximate surface area is 478 Å². The standard InChI is InChI=1S/C22H21F2N3O6.C19H17F2N3O5.C18H35ClO/c1-3-17(28)33-20-18-22(31)27-11(2)10-32-16(27)9-26(18)8-14(19(20)29)21(30)25-7-12-4-5-13(23)6-15(12)24;1-9-8-29-14-7-23-6-12(16(25)17(26)15(23)19(28)24(9)14)18(27)22-5-10-2-3-11(20)4-13(10)21;1-2-3-4-5-6-7-8-9-10-11-12-13-14-15-16-17-18(19)20/h4-6,8,11,16H,3,7,9-10H2,1-2H3,(H,25,30);2-4,6,9,14,26H,5,7-8H2,1H3,(H,22,27);2-17H2,1H3. The highest BCUT2D eigenvalue weighted by Gasteiger charge is 2.45. The van der Waals surface area contributed by atoms with Crippen LogP contribution in [0.4, 0.5) is 17.6 Å². The fourth-order valence-corrected chi connectivity index (χ4v) is 10.2. The zero-order chi connectivity index (χ0) is 59.6. The Hall–Kier alpha value is -6.91. The first-order valence-corrected chi connectivity index (χ1v) is 28.6. The first-order valence-electron chi connectivity index (χ1n) is 28.2. The highest BCUT2D eigenvalue weighted by molar-refractivity contribution is 6.63. The van der Waals surface area contributed by atoms with Gasteiger partial charge in [-0.2, -0.15) is 0 Å². The Morgan fingerprint density at radius 1 is 0.622 bits per heavy atom. The Morgan fingerprint density at radius 2 is 1.04 bits per heavy atom. The maximum Gasteiger partial charge on any atom is 0.311 e. The van der Waals surface area contributed by atoms with Gasteiger partial charge in [-0.25, -0.2) is 17.6 Å². The molecule has 4 atom stereocenters. The second kappa shape index (κ2) is 30.9. The first-order chi connectivity index (χ1) is 39.2. The zero-order valence-corrected chi connectivity index (χ0v) is 47.6. The number of nitrogens with one attached hydrogen (secondary N) is 2. The predicted octanol–water partition coefficient (Wildman–Crippen LogP) is 9.55. The maximum absolute atomic E-state index is 13.9. The molecule has 4 aliphatic rings. The number of halogens is 5. The van der Waals surface area contributed by atoms with E-state index in [0.29, 0.717) is 31.8 Å². The molecule has 2 aromatic carbocycles. The van der Waals surface area contributed by atoms with Gasteiger partial charge in [0.1, 0.15) is 34.4 Å². The van der Waals surface area contributed by atoms with Gasteiger partial charge in [0.05, 0.1) is 38.4 Å². The molecule has 6 heterocycles. The Bertz CT molecular complexity index is 3070. The topological polar surface area (TPSA) is 225 Å². The number of esters is 1. The molecule has 2 saturated heterocycles. The van der Waals surface area contributed by atoms with Gasteiger partial charge in [0.2, 0.25) is 21.8 Å². The van der Waals surface area contributed by atoms with E-state index in [1.54, 1.807) is 13.8 Å². The minimum absolute atomic E-state index is 0.0135. The molecule has 4 amide bonds. The third-order valence-electron chi connectivity index (χ3n) is 14.6. The summed E-state index contributed by atoms with van der Waals surface area (Å²) in [4.78, 5) is 102. The summed E-state index contributed by atoms with van der Waals surface area (Å²) in [5.74, 6) is -8.16. The third-order valence-corrected chi connectivity index (χ3v) is 14.8. The lowest BCUT2D eigenvalue weighted by Gasteiger charge is -2.34. The molecular formula is C59H73ClF4N6O12. The number of hydrogen-bond donors (Lipinski definition) is 3. The molecular weight excluding hydrogens is 1100 g/mol. The first kappa shape index (κ1) is 64.3. The summed E-state index contributed by atoms with van der Waals surface area (Å²) in [5, 5.41) is 14.9. The molecule has 4 aromatic rings. The Morgan fingerprint density at radius 3 is 1.46 bits per heavy atom. The summed E-state index contributed by atoms with van der Waals surface area (Å²) in [6, 6.07) is 5.35. The molecule has 4 aliphatic heterocycles. The lowest BCUT2D eigenvalue weighted by molar-refractivity contribution is -0.134. The van der Waals surface area contributed by atoms with E-state index in [4.69, 9.17) is 25.8 Å². The number of unbranched alkanes of at least 4 members (excludes halogenated alkanes) is 14. The van der Waals surface area contributed by atoms with Crippen LogP contribution < -0.4 is 26.2 Å². The minimum Gasteiger partial charge on any atom is -0.503 e. The Kier molecular flexibility index (Phi) is 24.3. The number of amides is 4. The van der Waals surface area contributed by atoms with Gasteiger partial charge < -0.3 is 48.9 Å². The van der Waals surface area contributed by atoms with Crippen molar-refractivity contribution in [3.63, 3.8) is 0 Å². The fourth-order valence-electron chi connectivity index (χ4n) is 10.0. The largest absolute Gasteiger partial charge is 0.503 e. The average molecular weight is 1170 g/mol. The molecule has 2 aromatic heterocycles. The SMILES string of the molecule is CC1COC2Cn3cc(C(=O)NCc4ccc(F)cc4F)c(=O)c(O)c3C(=O)N12.CCC(=O)Oc1c2n(cc(C(=O)NCc3ccc(F)cc3F)c1=O)CC1OCC(C)N1C2=O.CCCCCCCCCCCCCCCCCC(=O)Cl. The summed E-state index contributed by atoms with van der Waals surface area (Å²) in [6.07, 6.45) is 22.0. The number of nitrogens with zero attached hydrogens (tertiary/aromatic N) is 4. The molecule has 0 radical (unpaired) electrons. The number of pyridine rings is 2. The molecule has 4 unspecified atom stereocenters. The number of benzene rings is 2. The van der Waals surface area contributed by atoms with Gasteiger partial charge in [-0.05, 0) is 44.0 Å². The van der Waals surface area contributed by atoms with Crippen molar-refractivity contribution >= 4 is 46.4 Å². The highest BCUT2D eigenvalue weighted by atomic mass is 35.5. The van der Waals surface area contributed by atoms with Crippen LogP contribution in [-0.4, -0.2) is 96.6 Å². The van der Waals surface area contributed by atoms with Crippen molar-refractivity contribution in [2.75, 3.05) is 13.2 Å². The van der Waals surface area contributed by atoms with Gasteiger partial charge >= 0.3 is 5.97 Å². The summed E-state index contributed by atoms with van der Waals surface area (Å²) in [5.41, 5.74) is -3.05. The van der Waals surface area contributed by atoms with Crippen LogP contribution >= 0.6 is 11.6 Å². The quantitative estimate of drug-likeness (QED) is 0.0258. The molecule has 8 rings (SSSR count). The van der Waals surface area contributed by atoms with Crippen molar-refractivity contribution in [2.24, 2.45) is 0 Å². The molecule has 0 saturated carbocycles. The number of aromatic nitrogens is 2. The maximum atomic E-state index is 13.9. The lowest BCUT2D eigenvalue weighted by atomic mass is 10.0. The molecule has 82 heavy (non-hydrogen) atoms. The third kappa shape index (κ3) is 16.9. The van der Waals surface area contributed by atoms with Crippen molar-refractivity contribution < 1.29 is 65.6 Å². The van der Waals surface area contributed by atoms with E-state index in [2.05, 4.69) is 17.6 Å². The van der Waals surface area contributed by atoms with Crippen LogP contribution in [-0.2, 0) is 45.2 Å². The summed E-state index contributed by atoms with van der Waals surface area (Å²) in [6.45, 7) is 7.67. The number of rotatable bonds is 24. The summed E-state index contributed by atoms with van der Waals surface area (Å²) < 4.78 is 72.7. The highest BCUT2D eigenvalue weighted by Crippen LogP contribution is 2.32. The van der Waals surface area contributed by atoms with Crippen molar-refractivity contribution in [2.45, 2.75) is 188 Å². The molecule has 0 aliphatic carbocycles. The number of fused-ring (bicyclic) bond motifs is 4. The molecule has 0 spiro atoms. The van der Waals surface area contributed by atoms with Gasteiger partial charge in [-0.1, -0.05) is 116 Å². The van der Waals surface area contributed by atoms with Crippen LogP contribution in [0, 0.1) is 23.3 Å². The zero-order valence-electron chi connectivity index (χ0n) is 46.8. The van der Waals surface area contributed by atoms with E-state index in [1.165, 1.54) is 134 Å². The van der Waals surface area contributed by atoms with Crippen LogP contribution in [0.5, 0.6) is 11.5 Å². The Balaban J connectivity index is 0.000000204. The molecule has 0 bridgehead atoms. The normalized spacial score (nSPS) is 17.6. The number of carbonyl (C=O) groups is 6. The number of aromatic hydroxyl groups is 1. The van der Waals surface area contributed by atoms with E-state index >= 15 is 0 Å². The van der Waals surface area contributed by atoms with Gasteiger partial charge in [-0.15, -0.1) is 0 Å².